The third kappa shape index (κ3) is 3.17. The van der Waals surface area contributed by atoms with E-state index in [1.165, 1.54) is 23.3 Å². The SMILES string of the molecule is COc1cccc(CNC(c2cccs2)C2CC2)c1. The van der Waals surface area contributed by atoms with E-state index in [-0.39, 0.29) is 0 Å². The lowest BCUT2D eigenvalue weighted by Crippen LogP contribution is -2.21. The molecule has 3 heteroatoms. The van der Waals surface area contributed by atoms with Crippen molar-refractivity contribution in [2.24, 2.45) is 5.92 Å². The van der Waals surface area contributed by atoms with Gasteiger partial charge in [-0.25, -0.2) is 0 Å². The monoisotopic (exact) mass is 273 g/mol. The number of benzene rings is 1. The van der Waals surface area contributed by atoms with Gasteiger partial charge in [-0.2, -0.15) is 0 Å². The van der Waals surface area contributed by atoms with Gasteiger partial charge in [-0.05, 0) is 47.9 Å². The third-order valence-corrected chi connectivity index (χ3v) is 4.56. The Balaban J connectivity index is 1.66. The first kappa shape index (κ1) is 12.7. The van der Waals surface area contributed by atoms with Gasteiger partial charge in [0.2, 0.25) is 0 Å². The minimum Gasteiger partial charge on any atom is -0.497 e. The third-order valence-electron chi connectivity index (χ3n) is 3.60. The second kappa shape index (κ2) is 5.76. The fourth-order valence-corrected chi connectivity index (χ4v) is 3.30. The van der Waals surface area contributed by atoms with Crippen LogP contribution in [0, 0.1) is 5.92 Å². The van der Waals surface area contributed by atoms with E-state index in [1.807, 2.05) is 23.5 Å². The van der Waals surface area contributed by atoms with Crippen LogP contribution in [0.25, 0.3) is 0 Å². The Bertz CT molecular complexity index is 519. The molecule has 0 saturated heterocycles. The number of methoxy groups -OCH3 is 1. The van der Waals surface area contributed by atoms with Crippen molar-refractivity contribution in [3.63, 3.8) is 0 Å². The summed E-state index contributed by atoms with van der Waals surface area (Å²) in [7, 11) is 1.71. The molecule has 2 aromatic rings. The predicted molar refractivity (Wildman–Crippen MR) is 79.6 cm³/mol. The Morgan fingerprint density at radius 1 is 1.32 bits per heavy atom. The van der Waals surface area contributed by atoms with Crippen LogP contribution in [-0.2, 0) is 6.54 Å². The van der Waals surface area contributed by atoms with Gasteiger partial charge in [0.05, 0.1) is 7.11 Å². The molecule has 0 radical (unpaired) electrons. The van der Waals surface area contributed by atoms with Crippen LogP contribution in [0.3, 0.4) is 0 Å². The van der Waals surface area contributed by atoms with Crippen LogP contribution in [0.5, 0.6) is 5.75 Å². The maximum atomic E-state index is 5.27. The molecule has 1 fully saturated rings. The summed E-state index contributed by atoms with van der Waals surface area (Å²) in [6.07, 6.45) is 2.71. The van der Waals surface area contributed by atoms with Crippen LogP contribution in [0.4, 0.5) is 0 Å². The zero-order valence-electron chi connectivity index (χ0n) is 11.1. The Hall–Kier alpha value is -1.32. The van der Waals surface area contributed by atoms with E-state index in [2.05, 4.69) is 35.0 Å². The Morgan fingerprint density at radius 2 is 2.21 bits per heavy atom. The molecule has 1 aliphatic rings. The normalized spacial score (nSPS) is 16.3. The molecule has 3 rings (SSSR count). The van der Waals surface area contributed by atoms with Gasteiger partial charge in [0.15, 0.2) is 0 Å². The number of hydrogen-bond donors (Lipinski definition) is 1. The first-order valence-corrected chi connectivity index (χ1v) is 7.64. The summed E-state index contributed by atoms with van der Waals surface area (Å²) in [4.78, 5) is 1.46. The Morgan fingerprint density at radius 3 is 2.89 bits per heavy atom. The average Bonchev–Trinajstić information content (AvgIpc) is 3.14. The van der Waals surface area contributed by atoms with Gasteiger partial charge in [0, 0.05) is 17.5 Å². The van der Waals surface area contributed by atoms with Gasteiger partial charge >= 0.3 is 0 Å². The molecule has 0 bridgehead atoms. The summed E-state index contributed by atoms with van der Waals surface area (Å²) in [5.74, 6) is 1.75. The van der Waals surface area contributed by atoms with Crippen LogP contribution >= 0.6 is 11.3 Å². The fraction of sp³-hybridized carbons (Fsp3) is 0.375. The predicted octanol–water partition coefficient (Wildman–Crippen LogP) is 4.00. The summed E-state index contributed by atoms with van der Waals surface area (Å²) in [5.41, 5.74) is 1.28. The van der Waals surface area contributed by atoms with E-state index < -0.39 is 0 Å². The molecule has 1 N–H and O–H groups in total. The van der Waals surface area contributed by atoms with Crippen molar-refractivity contribution in [1.29, 1.82) is 0 Å². The van der Waals surface area contributed by atoms with E-state index in [4.69, 9.17) is 4.74 Å². The van der Waals surface area contributed by atoms with Gasteiger partial charge in [-0.15, -0.1) is 11.3 Å². The number of thiophene rings is 1. The van der Waals surface area contributed by atoms with Crippen molar-refractivity contribution in [3.8, 4) is 5.75 Å². The summed E-state index contributed by atoms with van der Waals surface area (Å²) < 4.78 is 5.27. The quantitative estimate of drug-likeness (QED) is 0.859. The smallest absolute Gasteiger partial charge is 0.119 e. The van der Waals surface area contributed by atoms with Crippen LogP contribution in [0.1, 0.15) is 29.3 Å². The van der Waals surface area contributed by atoms with Crippen molar-refractivity contribution in [2.45, 2.75) is 25.4 Å². The van der Waals surface area contributed by atoms with Crippen molar-refractivity contribution in [1.82, 2.24) is 5.32 Å². The molecule has 1 aliphatic carbocycles. The first-order valence-electron chi connectivity index (χ1n) is 6.76. The van der Waals surface area contributed by atoms with Gasteiger partial charge in [-0.1, -0.05) is 18.2 Å². The molecule has 19 heavy (non-hydrogen) atoms. The molecule has 0 spiro atoms. The van der Waals surface area contributed by atoms with Crippen molar-refractivity contribution < 1.29 is 4.74 Å². The van der Waals surface area contributed by atoms with Crippen molar-refractivity contribution in [2.75, 3.05) is 7.11 Å². The molecular weight excluding hydrogens is 254 g/mol. The molecule has 1 unspecified atom stereocenters. The first-order chi connectivity index (χ1) is 9.36. The summed E-state index contributed by atoms with van der Waals surface area (Å²) in [6.45, 7) is 0.899. The average molecular weight is 273 g/mol. The molecule has 0 aliphatic heterocycles. The second-order valence-corrected chi connectivity index (χ2v) is 6.04. The Kier molecular flexibility index (Phi) is 3.85. The van der Waals surface area contributed by atoms with Crippen molar-refractivity contribution in [3.05, 3.63) is 52.2 Å². The maximum Gasteiger partial charge on any atom is 0.119 e. The molecular formula is C16H19NOS. The van der Waals surface area contributed by atoms with Crippen LogP contribution in [0.15, 0.2) is 41.8 Å². The Labute approximate surface area is 118 Å². The van der Waals surface area contributed by atoms with E-state index >= 15 is 0 Å². The van der Waals surface area contributed by atoms with E-state index in [9.17, 15) is 0 Å². The molecule has 1 atom stereocenters. The zero-order valence-corrected chi connectivity index (χ0v) is 12.0. The molecule has 1 aromatic heterocycles. The maximum absolute atomic E-state index is 5.27. The number of ether oxygens (including phenoxy) is 1. The zero-order chi connectivity index (χ0) is 13.1. The molecule has 0 amide bonds. The van der Waals surface area contributed by atoms with Gasteiger partial charge in [-0.3, -0.25) is 0 Å². The topological polar surface area (TPSA) is 21.3 Å². The second-order valence-electron chi connectivity index (χ2n) is 5.06. The fourth-order valence-electron chi connectivity index (χ4n) is 2.41. The molecule has 1 heterocycles. The number of rotatable bonds is 6. The van der Waals surface area contributed by atoms with Crippen LogP contribution < -0.4 is 10.1 Å². The van der Waals surface area contributed by atoms with E-state index in [1.54, 1.807) is 7.11 Å². The largest absolute Gasteiger partial charge is 0.497 e. The van der Waals surface area contributed by atoms with E-state index in [0.717, 1.165) is 18.2 Å². The van der Waals surface area contributed by atoms with Gasteiger partial charge < -0.3 is 10.1 Å². The summed E-state index contributed by atoms with van der Waals surface area (Å²) in [6, 6.07) is 13.2. The minimum atomic E-state index is 0.520. The lowest BCUT2D eigenvalue weighted by atomic mass is 10.1. The molecule has 1 saturated carbocycles. The number of hydrogen-bond acceptors (Lipinski definition) is 3. The molecule has 100 valence electrons. The highest BCUT2D eigenvalue weighted by molar-refractivity contribution is 7.10. The minimum absolute atomic E-state index is 0.520. The van der Waals surface area contributed by atoms with Gasteiger partial charge in [0.25, 0.3) is 0 Å². The highest BCUT2D eigenvalue weighted by atomic mass is 32.1. The lowest BCUT2D eigenvalue weighted by Gasteiger charge is -2.17. The van der Waals surface area contributed by atoms with Crippen LogP contribution in [-0.4, -0.2) is 7.11 Å². The summed E-state index contributed by atoms with van der Waals surface area (Å²) in [5, 5.41) is 5.87. The van der Waals surface area contributed by atoms with E-state index in [0.29, 0.717) is 6.04 Å². The van der Waals surface area contributed by atoms with Crippen LogP contribution in [0.2, 0.25) is 0 Å². The molecule has 1 aromatic carbocycles. The highest BCUT2D eigenvalue weighted by Crippen LogP contribution is 2.42. The van der Waals surface area contributed by atoms with Crippen molar-refractivity contribution >= 4 is 11.3 Å². The summed E-state index contributed by atoms with van der Waals surface area (Å²) >= 11 is 1.85. The lowest BCUT2D eigenvalue weighted by molar-refractivity contribution is 0.413. The standard InChI is InChI=1S/C16H19NOS/c1-18-14-5-2-4-12(10-14)11-17-16(13-7-8-13)15-6-3-9-19-15/h2-6,9-10,13,16-17H,7-8,11H2,1H3. The highest BCUT2D eigenvalue weighted by Gasteiger charge is 2.32. The molecule has 2 nitrogen and oxygen atoms in total. The number of nitrogens with one attached hydrogen (secondary N) is 1. The van der Waals surface area contributed by atoms with Gasteiger partial charge in [0.1, 0.15) is 5.75 Å².